The highest BCUT2D eigenvalue weighted by Gasteiger charge is 2.20. The van der Waals surface area contributed by atoms with E-state index in [-0.39, 0.29) is 22.2 Å². The van der Waals surface area contributed by atoms with Gasteiger partial charge in [-0.1, -0.05) is 11.6 Å². The van der Waals surface area contributed by atoms with Crippen LogP contribution in [0.5, 0.6) is 0 Å². The molecule has 3 N–H and O–H groups in total. The summed E-state index contributed by atoms with van der Waals surface area (Å²) in [6.45, 7) is 1.82. The Bertz CT molecular complexity index is 789. The number of aromatic nitrogens is 2. The van der Waals surface area contributed by atoms with E-state index >= 15 is 0 Å². The zero-order valence-corrected chi connectivity index (χ0v) is 13.0. The van der Waals surface area contributed by atoms with E-state index in [0.29, 0.717) is 5.69 Å². The first kappa shape index (κ1) is 15.7. The van der Waals surface area contributed by atoms with Gasteiger partial charge in [-0.2, -0.15) is 5.10 Å². The molecule has 1 aromatic carbocycles. The first-order valence-electron chi connectivity index (χ1n) is 5.94. The molecule has 0 aliphatic rings. The van der Waals surface area contributed by atoms with Crippen molar-refractivity contribution in [2.24, 2.45) is 7.05 Å². The van der Waals surface area contributed by atoms with Crippen LogP contribution >= 0.6 is 11.6 Å². The van der Waals surface area contributed by atoms with Gasteiger partial charge in [-0.15, -0.1) is 0 Å². The van der Waals surface area contributed by atoms with Gasteiger partial charge in [0.05, 0.1) is 16.4 Å². The molecule has 114 valence electrons. The van der Waals surface area contributed by atoms with Crippen molar-refractivity contribution in [3.63, 3.8) is 0 Å². The van der Waals surface area contributed by atoms with Crippen molar-refractivity contribution in [3.05, 3.63) is 40.4 Å². The van der Waals surface area contributed by atoms with E-state index in [9.17, 15) is 12.8 Å². The molecule has 2 rings (SSSR count). The number of nitrogens with two attached hydrogens (primary N) is 1. The Morgan fingerprint density at radius 3 is 2.71 bits per heavy atom. The van der Waals surface area contributed by atoms with Crippen LogP contribution in [0.3, 0.4) is 0 Å². The van der Waals surface area contributed by atoms with Crippen molar-refractivity contribution in [1.29, 1.82) is 0 Å². The number of sulfonamides is 1. The molecule has 0 saturated heterocycles. The van der Waals surface area contributed by atoms with Crippen LogP contribution in [0.4, 0.5) is 10.1 Å². The highest BCUT2D eigenvalue weighted by atomic mass is 35.5. The molecule has 0 aliphatic heterocycles. The molecule has 2 aromatic rings. The van der Waals surface area contributed by atoms with E-state index in [1.165, 1.54) is 0 Å². The minimum atomic E-state index is -3.90. The van der Waals surface area contributed by atoms with Crippen LogP contribution in [-0.4, -0.2) is 18.2 Å². The molecule has 0 radical (unpaired) electrons. The minimum Gasteiger partial charge on any atom is -0.396 e. The zero-order chi connectivity index (χ0) is 15.8. The van der Waals surface area contributed by atoms with Gasteiger partial charge in [0.25, 0.3) is 0 Å². The lowest BCUT2D eigenvalue weighted by Gasteiger charge is -2.09. The molecule has 0 saturated carbocycles. The number of hydrogen-bond donors (Lipinski definition) is 2. The molecule has 0 spiro atoms. The molecule has 0 unspecified atom stereocenters. The summed E-state index contributed by atoms with van der Waals surface area (Å²) in [5.41, 5.74) is 6.54. The van der Waals surface area contributed by atoms with Gasteiger partial charge in [-0.25, -0.2) is 17.5 Å². The summed E-state index contributed by atoms with van der Waals surface area (Å²) < 4.78 is 41.6. The number of rotatable bonds is 4. The van der Waals surface area contributed by atoms with E-state index in [2.05, 4.69) is 9.82 Å². The lowest BCUT2D eigenvalue weighted by molar-refractivity contribution is 0.580. The molecule has 0 amide bonds. The maximum Gasteiger partial charge on any atom is 0.242 e. The van der Waals surface area contributed by atoms with Crippen LogP contribution in [0.2, 0.25) is 5.02 Å². The summed E-state index contributed by atoms with van der Waals surface area (Å²) in [7, 11) is -2.16. The van der Waals surface area contributed by atoms with Crippen LogP contribution < -0.4 is 10.5 Å². The largest absolute Gasteiger partial charge is 0.396 e. The molecule has 0 bridgehead atoms. The lowest BCUT2D eigenvalue weighted by atomic mass is 10.3. The second kappa shape index (κ2) is 5.63. The van der Waals surface area contributed by atoms with Gasteiger partial charge in [-0.3, -0.25) is 4.68 Å². The number of hydrogen-bond acceptors (Lipinski definition) is 4. The average molecular weight is 333 g/mol. The predicted molar refractivity (Wildman–Crippen MR) is 77.8 cm³/mol. The normalized spacial score (nSPS) is 11.8. The third kappa shape index (κ3) is 3.34. The first-order chi connectivity index (χ1) is 9.70. The summed E-state index contributed by atoms with van der Waals surface area (Å²) in [6, 6.07) is 1.87. The third-order valence-electron chi connectivity index (χ3n) is 2.91. The van der Waals surface area contributed by atoms with Crippen molar-refractivity contribution >= 4 is 27.3 Å². The molecule has 0 atom stereocenters. The van der Waals surface area contributed by atoms with E-state index in [0.717, 1.165) is 17.7 Å². The summed E-state index contributed by atoms with van der Waals surface area (Å²) in [4.78, 5) is -0.260. The topological polar surface area (TPSA) is 90.0 Å². The van der Waals surface area contributed by atoms with Gasteiger partial charge in [0.15, 0.2) is 0 Å². The number of aryl methyl sites for hydroxylation is 2. The highest BCUT2D eigenvalue weighted by Crippen LogP contribution is 2.26. The number of nitrogen functional groups attached to an aromatic ring is 1. The fourth-order valence-corrected chi connectivity index (χ4v) is 3.38. The number of anilines is 1. The molecule has 21 heavy (non-hydrogen) atoms. The standard InChI is InChI=1S/C12H14ClFN4O2S/c1-7-8(6-18(2)17-7)5-16-21(19,20)12-4-11(15)10(14)3-9(12)13/h3-4,6,16H,5,15H2,1-2H3. The Hall–Kier alpha value is -1.64. The van der Waals surface area contributed by atoms with Crippen LogP contribution in [0, 0.1) is 12.7 Å². The maximum atomic E-state index is 13.2. The maximum absolute atomic E-state index is 13.2. The van der Waals surface area contributed by atoms with Crippen molar-refractivity contribution < 1.29 is 12.8 Å². The summed E-state index contributed by atoms with van der Waals surface area (Å²) in [6.07, 6.45) is 1.71. The Morgan fingerprint density at radius 1 is 1.48 bits per heavy atom. The second-order valence-electron chi connectivity index (χ2n) is 4.54. The van der Waals surface area contributed by atoms with Gasteiger partial charge < -0.3 is 5.73 Å². The second-order valence-corrected chi connectivity index (χ2v) is 6.68. The monoisotopic (exact) mass is 332 g/mol. The molecule has 6 nitrogen and oxygen atoms in total. The molecule has 0 aliphatic carbocycles. The molecule has 1 heterocycles. The number of nitrogens with zero attached hydrogens (tertiary/aromatic N) is 2. The Balaban J connectivity index is 2.27. The van der Waals surface area contributed by atoms with Crippen molar-refractivity contribution in [3.8, 4) is 0 Å². The molecular weight excluding hydrogens is 319 g/mol. The van der Waals surface area contributed by atoms with E-state index in [1.54, 1.807) is 24.9 Å². The van der Waals surface area contributed by atoms with Gasteiger partial charge in [0.1, 0.15) is 10.7 Å². The van der Waals surface area contributed by atoms with Crippen molar-refractivity contribution in [1.82, 2.24) is 14.5 Å². The van der Waals surface area contributed by atoms with Gasteiger partial charge >= 0.3 is 0 Å². The Kier molecular flexibility index (Phi) is 4.22. The lowest BCUT2D eigenvalue weighted by Crippen LogP contribution is -2.24. The van der Waals surface area contributed by atoms with E-state index in [4.69, 9.17) is 17.3 Å². The Morgan fingerprint density at radius 2 is 2.14 bits per heavy atom. The van der Waals surface area contributed by atoms with Crippen molar-refractivity contribution in [2.75, 3.05) is 5.73 Å². The van der Waals surface area contributed by atoms with Crippen LogP contribution in [0.1, 0.15) is 11.3 Å². The first-order valence-corrected chi connectivity index (χ1v) is 7.80. The molecular formula is C12H14ClFN4O2S. The van der Waals surface area contributed by atoms with Gasteiger partial charge in [0, 0.05) is 25.4 Å². The fraction of sp³-hybridized carbons (Fsp3) is 0.250. The summed E-state index contributed by atoms with van der Waals surface area (Å²) >= 11 is 5.77. The third-order valence-corrected chi connectivity index (χ3v) is 4.77. The number of benzene rings is 1. The summed E-state index contributed by atoms with van der Waals surface area (Å²) in [5, 5.41) is 3.89. The molecule has 0 fully saturated rings. The van der Waals surface area contributed by atoms with E-state index in [1.807, 2.05) is 0 Å². The van der Waals surface area contributed by atoms with Crippen molar-refractivity contribution in [2.45, 2.75) is 18.4 Å². The van der Waals surface area contributed by atoms with Gasteiger partial charge in [0.2, 0.25) is 10.0 Å². The molecule has 9 heteroatoms. The quantitative estimate of drug-likeness (QED) is 0.832. The zero-order valence-electron chi connectivity index (χ0n) is 11.4. The highest BCUT2D eigenvalue weighted by molar-refractivity contribution is 7.89. The Labute approximate surface area is 126 Å². The predicted octanol–water partition coefficient (Wildman–Crippen LogP) is 1.58. The fourth-order valence-electron chi connectivity index (χ4n) is 1.82. The smallest absolute Gasteiger partial charge is 0.242 e. The van der Waals surface area contributed by atoms with Crippen LogP contribution in [0.25, 0.3) is 0 Å². The minimum absolute atomic E-state index is 0.0512. The van der Waals surface area contributed by atoms with Crippen LogP contribution in [-0.2, 0) is 23.6 Å². The SMILES string of the molecule is Cc1nn(C)cc1CNS(=O)(=O)c1cc(N)c(F)cc1Cl. The van der Waals surface area contributed by atoms with E-state index < -0.39 is 15.8 Å². The molecule has 1 aromatic heterocycles. The summed E-state index contributed by atoms with van der Waals surface area (Å²) in [5.74, 6) is -0.762. The average Bonchev–Trinajstić information content (AvgIpc) is 2.70. The van der Waals surface area contributed by atoms with Gasteiger partial charge in [-0.05, 0) is 19.1 Å². The number of nitrogens with one attached hydrogen (secondary N) is 1. The van der Waals surface area contributed by atoms with Crippen LogP contribution in [0.15, 0.2) is 23.2 Å². The number of halogens is 2.